The summed E-state index contributed by atoms with van der Waals surface area (Å²) in [5.74, 6) is 2.52. The molecule has 1 aliphatic rings. The minimum Gasteiger partial charge on any atom is -0.462 e. The Hall–Kier alpha value is -0.360. The molecule has 22 heavy (non-hydrogen) atoms. The van der Waals surface area contributed by atoms with Gasteiger partial charge in [-0.15, -0.1) is 12.3 Å². The van der Waals surface area contributed by atoms with Gasteiger partial charge in [-0.1, -0.05) is 22.6 Å². The maximum atomic E-state index is 11.3. The molecule has 1 rings (SSSR count). The van der Waals surface area contributed by atoms with E-state index in [2.05, 4.69) is 40.5 Å². The molecule has 0 saturated carbocycles. The molecule has 0 amide bonds. The first-order valence-electron chi connectivity index (χ1n) is 7.36. The van der Waals surface area contributed by atoms with Gasteiger partial charge in [0, 0.05) is 39.5 Å². The molecule has 1 aliphatic heterocycles. The molecule has 0 aromatic rings. The third kappa shape index (κ3) is 8.32. The number of likely N-dealkylation sites (tertiary alicyclic amines) is 1. The molecule has 0 spiro atoms. The third-order valence-corrected chi connectivity index (χ3v) is 3.56. The van der Waals surface area contributed by atoms with Crippen LogP contribution in [0.1, 0.15) is 26.2 Å². The fourth-order valence-electron chi connectivity index (χ4n) is 2.65. The predicted octanol–water partition coefficient (Wildman–Crippen LogP) is 2.32. The molecular formula is C16H28INO4. The Bertz CT molecular complexity index is 346. The number of carbonyl (C=O) groups excluding carboxylic acids is 1. The van der Waals surface area contributed by atoms with E-state index in [-0.39, 0.29) is 30.9 Å². The summed E-state index contributed by atoms with van der Waals surface area (Å²) in [5.41, 5.74) is 0. The highest BCUT2D eigenvalue weighted by atomic mass is 127. The molecule has 5 nitrogen and oxygen atoms in total. The van der Waals surface area contributed by atoms with Gasteiger partial charge in [-0.25, -0.2) is 0 Å². The van der Waals surface area contributed by atoms with Crippen molar-refractivity contribution < 1.29 is 19.0 Å². The highest BCUT2D eigenvalue weighted by molar-refractivity contribution is 14.1. The SMILES string of the molecule is C#CCCC(OCOC)C1CN(C)CCC1OC(C)=O.CI. The molecule has 0 N–H and O–H groups in total. The van der Waals surface area contributed by atoms with Gasteiger partial charge in [-0.3, -0.25) is 4.79 Å². The molecule has 128 valence electrons. The van der Waals surface area contributed by atoms with Crippen LogP contribution in [-0.4, -0.2) is 62.0 Å². The van der Waals surface area contributed by atoms with Gasteiger partial charge in [-0.05, 0) is 24.8 Å². The lowest BCUT2D eigenvalue weighted by molar-refractivity contribution is -0.163. The Morgan fingerprint density at radius 3 is 2.73 bits per heavy atom. The first-order valence-corrected chi connectivity index (χ1v) is 9.51. The van der Waals surface area contributed by atoms with E-state index >= 15 is 0 Å². The van der Waals surface area contributed by atoms with Crippen molar-refractivity contribution >= 4 is 28.6 Å². The smallest absolute Gasteiger partial charge is 0.302 e. The van der Waals surface area contributed by atoms with Crippen molar-refractivity contribution in [2.24, 2.45) is 5.92 Å². The Balaban J connectivity index is 0.00000211. The topological polar surface area (TPSA) is 48.0 Å². The Morgan fingerprint density at radius 1 is 1.50 bits per heavy atom. The van der Waals surface area contributed by atoms with Crippen LogP contribution in [0.25, 0.3) is 0 Å². The molecular weight excluding hydrogens is 397 g/mol. The number of methoxy groups -OCH3 is 1. The average molecular weight is 425 g/mol. The zero-order valence-electron chi connectivity index (χ0n) is 14.0. The molecule has 0 radical (unpaired) electrons. The second-order valence-electron chi connectivity index (χ2n) is 5.22. The minimum atomic E-state index is -0.244. The summed E-state index contributed by atoms with van der Waals surface area (Å²) in [6.07, 6.45) is 7.39. The Labute approximate surface area is 148 Å². The third-order valence-electron chi connectivity index (χ3n) is 3.56. The van der Waals surface area contributed by atoms with E-state index in [0.717, 1.165) is 25.9 Å². The quantitative estimate of drug-likeness (QED) is 0.206. The number of esters is 1. The number of hydrogen-bond acceptors (Lipinski definition) is 5. The number of ether oxygens (including phenoxy) is 3. The molecule has 1 fully saturated rings. The summed E-state index contributed by atoms with van der Waals surface area (Å²) in [6, 6.07) is 0. The van der Waals surface area contributed by atoms with Gasteiger partial charge < -0.3 is 19.1 Å². The van der Waals surface area contributed by atoms with Crippen molar-refractivity contribution in [1.82, 2.24) is 4.90 Å². The first kappa shape index (κ1) is 21.6. The minimum absolute atomic E-state index is 0.0573. The molecule has 0 aliphatic carbocycles. The van der Waals surface area contributed by atoms with E-state index in [1.165, 1.54) is 6.92 Å². The van der Waals surface area contributed by atoms with Crippen LogP contribution in [0.4, 0.5) is 0 Å². The number of halogens is 1. The van der Waals surface area contributed by atoms with Gasteiger partial charge >= 0.3 is 5.97 Å². The molecule has 0 bridgehead atoms. The molecule has 3 unspecified atom stereocenters. The summed E-state index contributed by atoms with van der Waals surface area (Å²) < 4.78 is 16.2. The second kappa shape index (κ2) is 13.1. The monoisotopic (exact) mass is 425 g/mol. The van der Waals surface area contributed by atoms with Crippen molar-refractivity contribution in [3.8, 4) is 12.3 Å². The first-order chi connectivity index (χ1) is 10.6. The van der Waals surface area contributed by atoms with Crippen LogP contribution in [0.2, 0.25) is 0 Å². The summed E-state index contributed by atoms with van der Waals surface area (Å²) in [7, 11) is 3.65. The van der Waals surface area contributed by atoms with Gasteiger partial charge in [-0.2, -0.15) is 0 Å². The van der Waals surface area contributed by atoms with Crippen LogP contribution in [0.3, 0.4) is 0 Å². The van der Waals surface area contributed by atoms with Gasteiger partial charge in [0.25, 0.3) is 0 Å². The largest absolute Gasteiger partial charge is 0.462 e. The van der Waals surface area contributed by atoms with Crippen LogP contribution in [0.5, 0.6) is 0 Å². The molecule has 6 heteroatoms. The molecule has 1 saturated heterocycles. The van der Waals surface area contributed by atoms with Crippen molar-refractivity contribution in [3.05, 3.63) is 0 Å². The maximum Gasteiger partial charge on any atom is 0.302 e. The zero-order chi connectivity index (χ0) is 17.0. The molecule has 0 aromatic heterocycles. The molecule has 1 heterocycles. The van der Waals surface area contributed by atoms with Gasteiger partial charge in [0.1, 0.15) is 12.9 Å². The van der Waals surface area contributed by atoms with E-state index in [0.29, 0.717) is 6.42 Å². The average Bonchev–Trinajstić information content (AvgIpc) is 2.51. The fourth-order valence-corrected chi connectivity index (χ4v) is 2.65. The number of piperidine rings is 1. The summed E-state index contributed by atoms with van der Waals surface area (Å²) in [5, 5.41) is 0. The highest BCUT2D eigenvalue weighted by Crippen LogP contribution is 2.27. The van der Waals surface area contributed by atoms with E-state index in [9.17, 15) is 4.79 Å². The van der Waals surface area contributed by atoms with Gasteiger partial charge in [0.05, 0.1) is 6.10 Å². The van der Waals surface area contributed by atoms with Crippen molar-refractivity contribution in [3.63, 3.8) is 0 Å². The number of rotatable bonds is 7. The number of nitrogens with zero attached hydrogens (tertiary/aromatic N) is 1. The highest BCUT2D eigenvalue weighted by Gasteiger charge is 2.36. The predicted molar refractivity (Wildman–Crippen MR) is 95.9 cm³/mol. The maximum absolute atomic E-state index is 11.3. The van der Waals surface area contributed by atoms with Gasteiger partial charge in [0.2, 0.25) is 0 Å². The summed E-state index contributed by atoms with van der Waals surface area (Å²) in [4.78, 5) is 15.5. The van der Waals surface area contributed by atoms with Crippen LogP contribution in [-0.2, 0) is 19.0 Å². The number of hydrogen-bond donors (Lipinski definition) is 0. The Morgan fingerprint density at radius 2 is 2.18 bits per heavy atom. The molecule has 3 atom stereocenters. The Kier molecular flexibility index (Phi) is 12.9. The lowest BCUT2D eigenvalue weighted by Gasteiger charge is -2.39. The van der Waals surface area contributed by atoms with Crippen LogP contribution >= 0.6 is 22.6 Å². The number of alkyl halides is 1. The van der Waals surface area contributed by atoms with Crippen LogP contribution in [0.15, 0.2) is 0 Å². The van der Waals surface area contributed by atoms with Crippen molar-refractivity contribution in [1.29, 1.82) is 0 Å². The standard InChI is InChI=1S/C15H25NO4.CH3I/c1-5-6-7-14(19-11-18-4)13-10-16(3)9-8-15(13)20-12(2)17;1-2/h1,13-15H,6-11H2,2-4H3;1H3. The van der Waals surface area contributed by atoms with Crippen LogP contribution < -0.4 is 0 Å². The lowest BCUT2D eigenvalue weighted by Crippen LogP contribution is -2.49. The normalized spacial score (nSPS) is 22.9. The summed E-state index contributed by atoms with van der Waals surface area (Å²) in [6.45, 7) is 3.42. The van der Waals surface area contributed by atoms with E-state index in [1.807, 2.05) is 4.93 Å². The zero-order valence-corrected chi connectivity index (χ0v) is 16.2. The van der Waals surface area contributed by atoms with Crippen LogP contribution in [0, 0.1) is 18.3 Å². The lowest BCUT2D eigenvalue weighted by atomic mass is 9.87. The van der Waals surface area contributed by atoms with Gasteiger partial charge in [0.15, 0.2) is 0 Å². The number of terminal acetylenes is 1. The van der Waals surface area contributed by atoms with E-state index in [1.54, 1.807) is 7.11 Å². The van der Waals surface area contributed by atoms with E-state index < -0.39 is 0 Å². The summed E-state index contributed by atoms with van der Waals surface area (Å²) >= 11 is 2.15. The fraction of sp³-hybridized carbons (Fsp3) is 0.812. The van der Waals surface area contributed by atoms with E-state index in [4.69, 9.17) is 20.6 Å². The number of carbonyl (C=O) groups is 1. The molecule has 0 aromatic carbocycles. The second-order valence-corrected chi connectivity index (χ2v) is 5.22. The van der Waals surface area contributed by atoms with Crippen molar-refractivity contribution in [2.75, 3.05) is 39.0 Å². The van der Waals surface area contributed by atoms with Crippen molar-refractivity contribution in [2.45, 2.75) is 38.4 Å².